The molecule has 6 nitrogen and oxygen atoms in total. The monoisotopic (exact) mass is 383 g/mol. The van der Waals surface area contributed by atoms with Crippen molar-refractivity contribution in [2.45, 2.75) is 0 Å². The van der Waals surface area contributed by atoms with E-state index in [0.29, 0.717) is 24.6 Å². The van der Waals surface area contributed by atoms with Gasteiger partial charge in [-0.3, -0.25) is 4.57 Å². The van der Waals surface area contributed by atoms with Crippen LogP contribution in [0.2, 0.25) is 0 Å². The number of benzene rings is 2. The Morgan fingerprint density at radius 2 is 1.66 bits per heavy atom. The maximum Gasteiger partial charge on any atom is 0.232 e. The Morgan fingerprint density at radius 3 is 2.34 bits per heavy atom. The number of allylic oxidation sites excluding steroid dienone is 3. The van der Waals surface area contributed by atoms with Crippen LogP contribution >= 0.6 is 0 Å². The highest BCUT2D eigenvalue weighted by atomic mass is 16.5. The fourth-order valence-electron chi connectivity index (χ4n) is 3.21. The van der Waals surface area contributed by atoms with Crippen LogP contribution in [0.4, 0.5) is 5.95 Å². The van der Waals surface area contributed by atoms with Crippen molar-refractivity contribution in [3.63, 3.8) is 0 Å². The highest BCUT2D eigenvalue weighted by Crippen LogP contribution is 2.25. The molecule has 2 aromatic carbocycles. The second-order valence-electron chi connectivity index (χ2n) is 6.56. The Kier molecular flexibility index (Phi) is 5.79. The van der Waals surface area contributed by atoms with Gasteiger partial charge in [-0.2, -0.15) is 5.26 Å². The third-order valence-electron chi connectivity index (χ3n) is 4.67. The Labute approximate surface area is 170 Å². The van der Waals surface area contributed by atoms with Gasteiger partial charge in [0.2, 0.25) is 5.95 Å². The molecule has 6 heteroatoms. The fraction of sp³-hybridized carbons (Fsp3) is 0.174. The van der Waals surface area contributed by atoms with E-state index in [1.54, 1.807) is 6.08 Å². The molecule has 1 fully saturated rings. The van der Waals surface area contributed by atoms with Crippen LogP contribution in [0.1, 0.15) is 11.4 Å². The summed E-state index contributed by atoms with van der Waals surface area (Å²) in [4.78, 5) is 2.14. The van der Waals surface area contributed by atoms with Gasteiger partial charge in [-0.25, -0.2) is 0 Å². The topological polar surface area (TPSA) is 67.0 Å². The van der Waals surface area contributed by atoms with Crippen LogP contribution in [0, 0.1) is 11.3 Å². The zero-order valence-corrected chi connectivity index (χ0v) is 16.0. The Balaban J connectivity index is 1.74. The van der Waals surface area contributed by atoms with Crippen molar-refractivity contribution in [1.29, 1.82) is 5.26 Å². The maximum atomic E-state index is 9.80. The fourth-order valence-corrected chi connectivity index (χ4v) is 3.21. The van der Waals surface area contributed by atoms with Crippen molar-refractivity contribution < 1.29 is 4.74 Å². The lowest BCUT2D eigenvalue weighted by Crippen LogP contribution is -2.38. The predicted molar refractivity (Wildman–Crippen MR) is 113 cm³/mol. The number of para-hydroxylation sites is 1. The minimum atomic E-state index is 0.452. The van der Waals surface area contributed by atoms with E-state index in [4.69, 9.17) is 4.74 Å². The Morgan fingerprint density at radius 1 is 0.966 bits per heavy atom. The van der Waals surface area contributed by atoms with Gasteiger partial charge in [0.05, 0.1) is 24.5 Å². The van der Waals surface area contributed by atoms with Gasteiger partial charge in [-0.1, -0.05) is 60.7 Å². The molecule has 0 radical (unpaired) electrons. The normalized spacial score (nSPS) is 14.9. The predicted octanol–water partition coefficient (Wildman–Crippen LogP) is 3.72. The number of hydrogen-bond donors (Lipinski definition) is 0. The van der Waals surface area contributed by atoms with Gasteiger partial charge in [0.25, 0.3) is 0 Å². The molecule has 0 bridgehead atoms. The van der Waals surface area contributed by atoms with Gasteiger partial charge in [0, 0.05) is 13.1 Å². The second-order valence-corrected chi connectivity index (χ2v) is 6.56. The molecule has 0 N–H and O–H groups in total. The van der Waals surface area contributed by atoms with Gasteiger partial charge < -0.3 is 9.64 Å². The third kappa shape index (κ3) is 4.26. The Hall–Kier alpha value is -3.69. The van der Waals surface area contributed by atoms with E-state index in [0.717, 1.165) is 30.3 Å². The van der Waals surface area contributed by atoms with E-state index in [-0.39, 0.29) is 0 Å². The van der Waals surface area contributed by atoms with Crippen LogP contribution in [-0.4, -0.2) is 41.1 Å². The van der Waals surface area contributed by atoms with Gasteiger partial charge in [-0.15, -0.1) is 10.2 Å². The zero-order valence-electron chi connectivity index (χ0n) is 16.0. The number of ether oxygens (including phenoxy) is 1. The molecular formula is C23H21N5O. The lowest BCUT2D eigenvalue weighted by molar-refractivity contribution is 0.122. The van der Waals surface area contributed by atoms with Crippen molar-refractivity contribution in [2.24, 2.45) is 0 Å². The van der Waals surface area contributed by atoms with Crippen LogP contribution in [0.3, 0.4) is 0 Å². The first-order valence-corrected chi connectivity index (χ1v) is 9.54. The molecule has 0 unspecified atom stereocenters. The van der Waals surface area contributed by atoms with Crippen LogP contribution in [0.5, 0.6) is 0 Å². The van der Waals surface area contributed by atoms with Crippen LogP contribution in [-0.2, 0) is 4.74 Å². The lowest BCUT2D eigenvalue weighted by atomic mass is 10.2. The minimum Gasteiger partial charge on any atom is -0.378 e. The summed E-state index contributed by atoms with van der Waals surface area (Å²) in [7, 11) is 0. The first-order chi connectivity index (χ1) is 14.4. The largest absolute Gasteiger partial charge is 0.378 e. The average molecular weight is 383 g/mol. The average Bonchev–Trinajstić information content (AvgIpc) is 3.23. The maximum absolute atomic E-state index is 9.80. The van der Waals surface area contributed by atoms with Gasteiger partial charge in [-0.05, 0) is 23.8 Å². The summed E-state index contributed by atoms with van der Waals surface area (Å²) in [5.74, 6) is 1.25. The molecule has 29 heavy (non-hydrogen) atoms. The summed E-state index contributed by atoms with van der Waals surface area (Å²) in [5, 5.41) is 18.6. The Bertz CT molecular complexity index is 1040. The second kappa shape index (κ2) is 9.00. The minimum absolute atomic E-state index is 0.452. The molecule has 0 atom stereocenters. The van der Waals surface area contributed by atoms with Crippen LogP contribution in [0.25, 0.3) is 17.3 Å². The standard InChI is InChI=1S/C23H21N5O/c24-18-20(11-7-10-19-8-3-1-4-9-19)22-25-26-23(27-14-16-29-17-15-27)28(22)21-12-5-2-6-13-21/h1-13H,14-17H2/b10-7+,20-11+. The number of rotatable bonds is 5. The molecule has 1 saturated heterocycles. The van der Waals surface area contributed by atoms with E-state index in [1.165, 1.54) is 0 Å². The summed E-state index contributed by atoms with van der Waals surface area (Å²) in [5.41, 5.74) is 2.44. The number of nitrogens with zero attached hydrogens (tertiary/aromatic N) is 5. The molecule has 2 heterocycles. The summed E-state index contributed by atoms with van der Waals surface area (Å²) < 4.78 is 7.41. The SMILES string of the molecule is N#C/C(=C\C=C\c1ccccc1)c1nnc(N2CCOCC2)n1-c1ccccc1. The number of aromatic nitrogens is 3. The van der Waals surface area contributed by atoms with Crippen molar-refractivity contribution >= 4 is 17.6 Å². The number of nitriles is 1. The number of anilines is 1. The number of morpholine rings is 1. The molecule has 0 spiro atoms. The van der Waals surface area contributed by atoms with Crippen molar-refractivity contribution in [3.8, 4) is 11.8 Å². The van der Waals surface area contributed by atoms with Crippen molar-refractivity contribution in [2.75, 3.05) is 31.2 Å². The van der Waals surface area contributed by atoms with E-state index >= 15 is 0 Å². The molecule has 144 valence electrons. The molecule has 3 aromatic rings. The molecule has 0 saturated carbocycles. The summed E-state index contributed by atoms with van der Waals surface area (Å²) >= 11 is 0. The van der Waals surface area contributed by atoms with Crippen LogP contribution in [0.15, 0.2) is 72.8 Å². The van der Waals surface area contributed by atoms with Gasteiger partial charge >= 0.3 is 0 Å². The highest BCUT2D eigenvalue weighted by molar-refractivity contribution is 5.77. The summed E-state index contributed by atoms with van der Waals surface area (Å²) in [6.45, 7) is 2.78. The van der Waals surface area contributed by atoms with E-state index < -0.39 is 0 Å². The summed E-state index contributed by atoms with van der Waals surface area (Å²) in [6.07, 6.45) is 5.61. The first-order valence-electron chi connectivity index (χ1n) is 9.54. The summed E-state index contributed by atoms with van der Waals surface area (Å²) in [6, 6.07) is 22.1. The molecule has 4 rings (SSSR count). The number of hydrogen-bond acceptors (Lipinski definition) is 5. The quantitative estimate of drug-likeness (QED) is 0.496. The van der Waals surface area contributed by atoms with Gasteiger partial charge in [0.15, 0.2) is 5.82 Å². The van der Waals surface area contributed by atoms with E-state index in [2.05, 4.69) is 21.2 Å². The lowest BCUT2D eigenvalue weighted by Gasteiger charge is -2.28. The molecular weight excluding hydrogens is 362 g/mol. The molecule has 0 aliphatic carbocycles. The van der Waals surface area contributed by atoms with Crippen molar-refractivity contribution in [3.05, 3.63) is 84.2 Å². The third-order valence-corrected chi connectivity index (χ3v) is 4.67. The molecule has 1 aliphatic heterocycles. The highest BCUT2D eigenvalue weighted by Gasteiger charge is 2.23. The van der Waals surface area contributed by atoms with Crippen LogP contribution < -0.4 is 4.90 Å². The zero-order chi connectivity index (χ0) is 19.9. The molecule has 1 aliphatic rings. The molecule has 1 aromatic heterocycles. The first kappa shape index (κ1) is 18.7. The van der Waals surface area contributed by atoms with Gasteiger partial charge in [0.1, 0.15) is 6.07 Å². The van der Waals surface area contributed by atoms with E-state index in [9.17, 15) is 5.26 Å². The molecule has 0 amide bonds. The smallest absolute Gasteiger partial charge is 0.232 e. The van der Waals surface area contributed by atoms with E-state index in [1.807, 2.05) is 77.4 Å². The van der Waals surface area contributed by atoms with Crippen molar-refractivity contribution in [1.82, 2.24) is 14.8 Å².